The maximum absolute atomic E-state index is 11.1. The van der Waals surface area contributed by atoms with E-state index in [1.54, 1.807) is 6.08 Å². The predicted molar refractivity (Wildman–Crippen MR) is 61.9 cm³/mol. The fraction of sp³-hybridized carbons (Fsp3) is 0.364. The lowest BCUT2D eigenvalue weighted by atomic mass is 10.1. The number of nitrogens with zero attached hydrogens (tertiary/aromatic N) is 2. The number of methoxy groups -OCH3 is 1. The molecule has 0 aromatic carbocycles. The number of hydrogen-bond acceptors (Lipinski definition) is 5. The SMILES string of the molecule is COc1ncnc2c1/C=C(/C(=O)O)CCCN2. The quantitative estimate of drug-likeness (QED) is 0.800. The van der Waals surface area contributed by atoms with E-state index >= 15 is 0 Å². The highest BCUT2D eigenvalue weighted by Gasteiger charge is 2.16. The zero-order valence-corrected chi connectivity index (χ0v) is 9.43. The molecule has 90 valence electrons. The van der Waals surface area contributed by atoms with Crippen LogP contribution < -0.4 is 10.1 Å². The van der Waals surface area contributed by atoms with Crippen molar-refractivity contribution in [3.8, 4) is 5.88 Å². The van der Waals surface area contributed by atoms with Gasteiger partial charge in [-0.05, 0) is 18.9 Å². The lowest BCUT2D eigenvalue weighted by Gasteiger charge is -2.14. The zero-order valence-electron chi connectivity index (χ0n) is 9.43. The van der Waals surface area contributed by atoms with E-state index in [1.165, 1.54) is 13.4 Å². The van der Waals surface area contributed by atoms with E-state index in [4.69, 9.17) is 9.84 Å². The van der Waals surface area contributed by atoms with E-state index in [1.807, 2.05) is 0 Å². The van der Waals surface area contributed by atoms with Crippen molar-refractivity contribution in [1.82, 2.24) is 9.97 Å². The van der Waals surface area contributed by atoms with Crippen molar-refractivity contribution in [1.29, 1.82) is 0 Å². The van der Waals surface area contributed by atoms with E-state index < -0.39 is 5.97 Å². The molecule has 0 radical (unpaired) electrons. The summed E-state index contributed by atoms with van der Waals surface area (Å²) in [5.41, 5.74) is 0.938. The Labute approximate surface area is 98.3 Å². The summed E-state index contributed by atoms with van der Waals surface area (Å²) in [5.74, 6) is 0.0715. The molecule has 1 aliphatic heterocycles. The molecular weight excluding hydrogens is 222 g/mol. The van der Waals surface area contributed by atoms with Crippen molar-refractivity contribution in [2.24, 2.45) is 0 Å². The molecule has 6 nitrogen and oxygen atoms in total. The lowest BCUT2D eigenvalue weighted by molar-refractivity contribution is -0.132. The Bertz CT molecular complexity index is 471. The molecule has 0 unspecified atom stereocenters. The average molecular weight is 235 g/mol. The van der Waals surface area contributed by atoms with Crippen LogP contribution in [0.3, 0.4) is 0 Å². The minimum Gasteiger partial charge on any atom is -0.480 e. The number of anilines is 1. The highest BCUT2D eigenvalue weighted by molar-refractivity contribution is 5.93. The number of rotatable bonds is 2. The van der Waals surface area contributed by atoms with Crippen molar-refractivity contribution >= 4 is 17.9 Å². The van der Waals surface area contributed by atoms with Crippen molar-refractivity contribution in [3.63, 3.8) is 0 Å². The molecule has 2 N–H and O–H groups in total. The van der Waals surface area contributed by atoms with E-state index in [9.17, 15) is 4.79 Å². The molecule has 0 saturated carbocycles. The summed E-state index contributed by atoms with van der Waals surface area (Å²) >= 11 is 0. The summed E-state index contributed by atoms with van der Waals surface area (Å²) in [6.45, 7) is 0.678. The first-order valence-corrected chi connectivity index (χ1v) is 5.29. The van der Waals surface area contributed by atoms with Gasteiger partial charge in [0, 0.05) is 12.1 Å². The molecule has 1 aliphatic rings. The first-order valence-electron chi connectivity index (χ1n) is 5.29. The molecule has 0 atom stereocenters. The van der Waals surface area contributed by atoms with Crippen LogP contribution in [0.4, 0.5) is 5.82 Å². The largest absolute Gasteiger partial charge is 0.480 e. The predicted octanol–water partition coefficient (Wildman–Crippen LogP) is 1.16. The standard InChI is InChI=1S/C11H13N3O3/c1-17-10-8-5-7(11(15)16)3-2-4-12-9(8)13-6-14-10/h5-6H,2-4H2,1H3,(H,15,16)(H,12,13,14)/b7-5+. The molecule has 0 saturated heterocycles. The molecule has 1 aromatic rings. The first-order chi connectivity index (χ1) is 8.22. The van der Waals surface area contributed by atoms with Crippen LogP contribution in [0.5, 0.6) is 5.88 Å². The Morgan fingerprint density at radius 1 is 1.53 bits per heavy atom. The maximum atomic E-state index is 11.1. The average Bonchev–Trinajstić information content (AvgIpc) is 2.28. The van der Waals surface area contributed by atoms with E-state index in [0.29, 0.717) is 35.8 Å². The van der Waals surface area contributed by atoms with Gasteiger partial charge in [0.2, 0.25) is 5.88 Å². The van der Waals surface area contributed by atoms with E-state index in [0.717, 1.165) is 6.42 Å². The molecule has 17 heavy (non-hydrogen) atoms. The third-order valence-corrected chi connectivity index (χ3v) is 2.55. The Morgan fingerprint density at radius 3 is 3.06 bits per heavy atom. The molecule has 2 rings (SSSR count). The van der Waals surface area contributed by atoms with Crippen LogP contribution in [0, 0.1) is 0 Å². The summed E-state index contributed by atoms with van der Waals surface area (Å²) in [6.07, 6.45) is 4.23. The van der Waals surface area contributed by atoms with Gasteiger partial charge in [-0.2, -0.15) is 0 Å². The maximum Gasteiger partial charge on any atom is 0.331 e. The Hall–Kier alpha value is -2.11. The van der Waals surface area contributed by atoms with Crippen molar-refractivity contribution in [3.05, 3.63) is 17.5 Å². The number of ether oxygens (including phenoxy) is 1. The third-order valence-electron chi connectivity index (χ3n) is 2.55. The van der Waals surface area contributed by atoms with Crippen LogP contribution in [-0.4, -0.2) is 34.7 Å². The van der Waals surface area contributed by atoms with Gasteiger partial charge in [-0.25, -0.2) is 14.8 Å². The van der Waals surface area contributed by atoms with Gasteiger partial charge in [0.05, 0.1) is 12.7 Å². The van der Waals surface area contributed by atoms with Crippen LogP contribution >= 0.6 is 0 Å². The van der Waals surface area contributed by atoms with Crippen molar-refractivity contribution in [2.75, 3.05) is 19.0 Å². The normalized spacial score (nSPS) is 17.8. The highest BCUT2D eigenvalue weighted by atomic mass is 16.5. The van der Waals surface area contributed by atoms with Gasteiger partial charge in [0.15, 0.2) is 0 Å². The number of aromatic nitrogens is 2. The minimum absolute atomic E-state index is 0.348. The summed E-state index contributed by atoms with van der Waals surface area (Å²) in [6, 6.07) is 0. The highest BCUT2D eigenvalue weighted by Crippen LogP contribution is 2.27. The van der Waals surface area contributed by atoms with Crippen molar-refractivity contribution in [2.45, 2.75) is 12.8 Å². The molecular formula is C11H13N3O3. The number of carboxylic acids is 1. The Kier molecular flexibility index (Phi) is 3.22. The third kappa shape index (κ3) is 2.35. The Morgan fingerprint density at radius 2 is 2.35 bits per heavy atom. The monoisotopic (exact) mass is 235 g/mol. The van der Waals surface area contributed by atoms with Gasteiger partial charge in [-0.3, -0.25) is 0 Å². The summed E-state index contributed by atoms with van der Waals surface area (Å²) in [4.78, 5) is 19.1. The summed E-state index contributed by atoms with van der Waals surface area (Å²) in [5, 5.41) is 12.2. The second-order valence-electron chi connectivity index (χ2n) is 3.65. The molecule has 6 heteroatoms. The van der Waals surface area contributed by atoms with Crippen LogP contribution in [0.1, 0.15) is 18.4 Å². The van der Waals surface area contributed by atoms with Crippen LogP contribution in [-0.2, 0) is 4.79 Å². The summed E-state index contributed by atoms with van der Waals surface area (Å²) < 4.78 is 5.11. The van der Waals surface area contributed by atoms with Crippen LogP contribution in [0.15, 0.2) is 11.9 Å². The van der Waals surface area contributed by atoms with E-state index in [2.05, 4.69) is 15.3 Å². The number of carbonyl (C=O) groups is 1. The number of fused-ring (bicyclic) bond motifs is 1. The smallest absolute Gasteiger partial charge is 0.331 e. The summed E-state index contributed by atoms with van der Waals surface area (Å²) in [7, 11) is 1.50. The lowest BCUT2D eigenvalue weighted by Crippen LogP contribution is -2.12. The van der Waals surface area contributed by atoms with Gasteiger partial charge in [0.1, 0.15) is 12.1 Å². The number of nitrogens with one attached hydrogen (secondary N) is 1. The fourth-order valence-electron chi connectivity index (χ4n) is 1.71. The Balaban J connectivity index is 2.53. The second-order valence-corrected chi connectivity index (χ2v) is 3.65. The van der Waals surface area contributed by atoms with Gasteiger partial charge in [-0.1, -0.05) is 0 Å². The first kappa shape index (κ1) is 11.4. The van der Waals surface area contributed by atoms with Crippen molar-refractivity contribution < 1.29 is 14.6 Å². The molecule has 0 fully saturated rings. The minimum atomic E-state index is -0.913. The fourth-order valence-corrected chi connectivity index (χ4v) is 1.71. The molecule has 0 spiro atoms. The van der Waals surface area contributed by atoms with Gasteiger partial charge < -0.3 is 15.2 Å². The second kappa shape index (κ2) is 4.82. The van der Waals surface area contributed by atoms with E-state index in [-0.39, 0.29) is 0 Å². The number of hydrogen-bond donors (Lipinski definition) is 2. The number of carboxylic acid groups (broad SMARTS) is 1. The van der Waals surface area contributed by atoms with Crippen LogP contribution in [0.2, 0.25) is 0 Å². The molecule has 1 aromatic heterocycles. The van der Waals surface area contributed by atoms with Crippen LogP contribution in [0.25, 0.3) is 6.08 Å². The molecule has 2 heterocycles. The van der Waals surface area contributed by atoms with Gasteiger partial charge in [0.25, 0.3) is 0 Å². The molecule has 0 amide bonds. The molecule has 0 bridgehead atoms. The van der Waals surface area contributed by atoms with Gasteiger partial charge in [-0.15, -0.1) is 0 Å². The number of aliphatic carboxylic acids is 1. The topological polar surface area (TPSA) is 84.3 Å². The zero-order chi connectivity index (χ0) is 12.3. The molecule has 0 aliphatic carbocycles. The van der Waals surface area contributed by atoms with Gasteiger partial charge >= 0.3 is 5.97 Å².